The highest BCUT2D eigenvalue weighted by Gasteiger charge is 2.27. The van der Waals surface area contributed by atoms with Gasteiger partial charge in [0.25, 0.3) is 0 Å². The predicted molar refractivity (Wildman–Crippen MR) is 85.3 cm³/mol. The van der Waals surface area contributed by atoms with Gasteiger partial charge in [-0.05, 0) is 18.2 Å². The topological polar surface area (TPSA) is 32.5 Å². The van der Waals surface area contributed by atoms with E-state index in [1.54, 1.807) is 6.07 Å². The van der Waals surface area contributed by atoms with Crippen LogP contribution in [-0.4, -0.2) is 26.7 Å². The Morgan fingerprint density at radius 1 is 1.05 bits per heavy atom. The number of nitrogens with zero attached hydrogens (tertiary/aromatic N) is 2. The van der Waals surface area contributed by atoms with E-state index in [1.165, 1.54) is 11.8 Å². The molecule has 0 fully saturated rings. The SMILES string of the molecule is CN1CCN(C(CN)c2ccccc2F)c2ccccc21. The number of rotatable bonds is 3. The number of para-hydroxylation sites is 2. The number of anilines is 2. The van der Waals surface area contributed by atoms with Crippen LogP contribution >= 0.6 is 0 Å². The second-order valence-electron chi connectivity index (χ2n) is 5.38. The Morgan fingerprint density at radius 3 is 2.43 bits per heavy atom. The molecule has 0 aliphatic carbocycles. The van der Waals surface area contributed by atoms with Crippen LogP contribution in [0.3, 0.4) is 0 Å². The molecule has 3 rings (SSSR count). The molecule has 1 unspecified atom stereocenters. The first-order valence-corrected chi connectivity index (χ1v) is 7.23. The fourth-order valence-electron chi connectivity index (χ4n) is 3.02. The zero-order valence-corrected chi connectivity index (χ0v) is 12.2. The van der Waals surface area contributed by atoms with Crippen LogP contribution in [0.5, 0.6) is 0 Å². The molecule has 0 saturated heterocycles. The molecule has 2 N–H and O–H groups in total. The van der Waals surface area contributed by atoms with Crippen LogP contribution in [0.2, 0.25) is 0 Å². The van der Waals surface area contributed by atoms with Gasteiger partial charge in [-0.3, -0.25) is 0 Å². The Morgan fingerprint density at radius 2 is 1.71 bits per heavy atom. The molecule has 1 aliphatic rings. The molecular formula is C17H20FN3. The van der Waals surface area contributed by atoms with Crippen LogP contribution in [0.15, 0.2) is 48.5 Å². The third kappa shape index (κ3) is 2.47. The van der Waals surface area contributed by atoms with Gasteiger partial charge in [0, 0.05) is 32.2 Å². The average Bonchev–Trinajstić information content (AvgIpc) is 2.52. The van der Waals surface area contributed by atoms with Gasteiger partial charge < -0.3 is 15.5 Å². The molecule has 0 saturated carbocycles. The smallest absolute Gasteiger partial charge is 0.128 e. The Kier molecular flexibility index (Phi) is 3.80. The van der Waals surface area contributed by atoms with Gasteiger partial charge in [-0.15, -0.1) is 0 Å². The van der Waals surface area contributed by atoms with Crippen LogP contribution in [0, 0.1) is 5.82 Å². The highest BCUT2D eigenvalue weighted by atomic mass is 19.1. The van der Waals surface area contributed by atoms with E-state index in [0.717, 1.165) is 18.8 Å². The van der Waals surface area contributed by atoms with Crippen molar-refractivity contribution in [3.05, 3.63) is 59.9 Å². The standard InChI is InChI=1S/C17H20FN3/c1-20-10-11-21(16-9-5-4-8-15(16)20)17(12-19)13-6-2-3-7-14(13)18/h2-9,17H,10-12,19H2,1H3. The molecule has 21 heavy (non-hydrogen) atoms. The molecule has 1 atom stereocenters. The molecule has 2 aromatic rings. The van der Waals surface area contributed by atoms with Crippen molar-refractivity contribution in [2.75, 3.05) is 36.5 Å². The van der Waals surface area contributed by atoms with Gasteiger partial charge in [-0.25, -0.2) is 4.39 Å². The fourth-order valence-corrected chi connectivity index (χ4v) is 3.02. The van der Waals surface area contributed by atoms with Crippen molar-refractivity contribution in [2.24, 2.45) is 5.73 Å². The van der Waals surface area contributed by atoms with E-state index < -0.39 is 0 Å². The van der Waals surface area contributed by atoms with Crippen LogP contribution in [0.4, 0.5) is 15.8 Å². The van der Waals surface area contributed by atoms with E-state index in [4.69, 9.17) is 5.73 Å². The van der Waals surface area contributed by atoms with Gasteiger partial charge in [0.1, 0.15) is 5.82 Å². The third-order valence-corrected chi connectivity index (χ3v) is 4.14. The predicted octanol–water partition coefficient (Wildman–Crippen LogP) is 2.78. The van der Waals surface area contributed by atoms with Gasteiger partial charge in [-0.1, -0.05) is 30.3 Å². The number of hydrogen-bond donors (Lipinski definition) is 1. The summed E-state index contributed by atoms with van der Waals surface area (Å²) < 4.78 is 14.1. The van der Waals surface area contributed by atoms with E-state index in [0.29, 0.717) is 12.1 Å². The van der Waals surface area contributed by atoms with E-state index >= 15 is 0 Å². The van der Waals surface area contributed by atoms with Crippen molar-refractivity contribution < 1.29 is 4.39 Å². The minimum atomic E-state index is -0.190. The molecule has 3 nitrogen and oxygen atoms in total. The quantitative estimate of drug-likeness (QED) is 0.941. The highest BCUT2D eigenvalue weighted by molar-refractivity contribution is 5.73. The molecule has 4 heteroatoms. The third-order valence-electron chi connectivity index (χ3n) is 4.14. The number of benzene rings is 2. The summed E-state index contributed by atoms with van der Waals surface area (Å²) in [6.07, 6.45) is 0. The minimum absolute atomic E-state index is 0.138. The van der Waals surface area contributed by atoms with Gasteiger partial charge in [0.2, 0.25) is 0 Å². The molecule has 2 aromatic carbocycles. The van der Waals surface area contributed by atoms with Crippen molar-refractivity contribution in [1.29, 1.82) is 0 Å². The van der Waals surface area contributed by atoms with E-state index in [9.17, 15) is 4.39 Å². The molecule has 1 heterocycles. The number of hydrogen-bond acceptors (Lipinski definition) is 3. The zero-order chi connectivity index (χ0) is 14.8. The molecule has 0 aromatic heterocycles. The van der Waals surface area contributed by atoms with E-state index in [-0.39, 0.29) is 11.9 Å². The second kappa shape index (κ2) is 5.74. The summed E-state index contributed by atoms with van der Waals surface area (Å²) in [5.74, 6) is -0.190. The number of halogens is 1. The maximum Gasteiger partial charge on any atom is 0.128 e. The first kappa shape index (κ1) is 13.9. The summed E-state index contributed by atoms with van der Waals surface area (Å²) >= 11 is 0. The monoisotopic (exact) mass is 285 g/mol. The molecular weight excluding hydrogens is 265 g/mol. The Hall–Kier alpha value is -2.07. The number of nitrogens with two attached hydrogens (primary N) is 1. The van der Waals surface area contributed by atoms with E-state index in [2.05, 4.69) is 29.0 Å². The van der Waals surface area contributed by atoms with E-state index in [1.807, 2.05) is 24.3 Å². The lowest BCUT2D eigenvalue weighted by atomic mass is 10.0. The maximum atomic E-state index is 14.1. The number of fused-ring (bicyclic) bond motifs is 1. The zero-order valence-electron chi connectivity index (χ0n) is 12.2. The maximum absolute atomic E-state index is 14.1. The average molecular weight is 285 g/mol. The first-order chi connectivity index (χ1) is 10.2. The van der Waals surface area contributed by atoms with Gasteiger partial charge in [0.05, 0.1) is 17.4 Å². The molecule has 0 bridgehead atoms. The lowest BCUT2D eigenvalue weighted by Crippen LogP contribution is -2.43. The van der Waals surface area contributed by atoms with Crippen molar-refractivity contribution in [1.82, 2.24) is 0 Å². The Labute approximate surface area is 124 Å². The van der Waals surface area contributed by atoms with Crippen molar-refractivity contribution in [3.8, 4) is 0 Å². The minimum Gasteiger partial charge on any atom is -0.371 e. The molecule has 110 valence electrons. The molecule has 1 aliphatic heterocycles. The fraction of sp³-hybridized carbons (Fsp3) is 0.294. The van der Waals surface area contributed by atoms with Gasteiger partial charge >= 0.3 is 0 Å². The molecule has 0 amide bonds. The summed E-state index contributed by atoms with van der Waals surface area (Å²) in [4.78, 5) is 4.44. The lowest BCUT2D eigenvalue weighted by Gasteiger charge is -2.41. The van der Waals surface area contributed by atoms with Crippen molar-refractivity contribution in [2.45, 2.75) is 6.04 Å². The summed E-state index contributed by atoms with van der Waals surface area (Å²) in [6, 6.07) is 15.0. The van der Waals surface area contributed by atoms with Crippen LogP contribution in [-0.2, 0) is 0 Å². The Balaban J connectivity index is 2.03. The van der Waals surface area contributed by atoms with Crippen molar-refractivity contribution in [3.63, 3.8) is 0 Å². The van der Waals surface area contributed by atoms with Crippen molar-refractivity contribution >= 4 is 11.4 Å². The molecule has 0 radical (unpaired) electrons. The Bertz CT molecular complexity index is 629. The summed E-state index contributed by atoms with van der Waals surface area (Å²) in [5.41, 5.74) is 8.92. The van der Waals surface area contributed by atoms with Crippen LogP contribution in [0.25, 0.3) is 0 Å². The number of likely N-dealkylation sites (N-methyl/N-ethyl adjacent to an activating group) is 1. The van der Waals surface area contributed by atoms with Gasteiger partial charge in [0.15, 0.2) is 0 Å². The summed E-state index contributed by atoms with van der Waals surface area (Å²) in [7, 11) is 2.08. The molecule has 0 spiro atoms. The summed E-state index contributed by atoms with van der Waals surface area (Å²) in [5, 5.41) is 0. The largest absolute Gasteiger partial charge is 0.371 e. The first-order valence-electron chi connectivity index (χ1n) is 7.23. The van der Waals surface area contributed by atoms with Gasteiger partial charge in [-0.2, -0.15) is 0 Å². The normalized spacial score (nSPS) is 15.8. The summed E-state index contributed by atoms with van der Waals surface area (Å²) in [6.45, 7) is 2.13. The van der Waals surface area contributed by atoms with Crippen LogP contribution < -0.4 is 15.5 Å². The highest BCUT2D eigenvalue weighted by Crippen LogP contribution is 2.37. The lowest BCUT2D eigenvalue weighted by molar-refractivity contribution is 0.552. The van der Waals surface area contributed by atoms with Crippen LogP contribution in [0.1, 0.15) is 11.6 Å². The second-order valence-corrected chi connectivity index (χ2v) is 5.38.